The van der Waals surface area contributed by atoms with Gasteiger partial charge in [0, 0.05) is 38.3 Å². The van der Waals surface area contributed by atoms with Crippen LogP contribution in [0.3, 0.4) is 0 Å². The number of piperazine rings is 1. The van der Waals surface area contributed by atoms with E-state index < -0.39 is 16.1 Å². The number of hydrogen-bond donors (Lipinski definition) is 2. The lowest BCUT2D eigenvalue weighted by Crippen LogP contribution is -2.47. The van der Waals surface area contributed by atoms with Gasteiger partial charge in [-0.2, -0.15) is 0 Å². The summed E-state index contributed by atoms with van der Waals surface area (Å²) in [5.74, 6) is 0.0953. The standard InChI is InChI=1S/C22H35N5O3S/c1-4-17(3)20(24-21-18-9-6-7-10-19(18)31(29,30)25-21)22(28)23-11-8-12-27-15-13-26(5-2)14-16-27/h6-7,9-10,17,20H,4-5,8,11-16H2,1-3H3,(H,23,28)(H,24,25)/t17-,20-/m0/s1. The molecule has 3 rings (SSSR count). The van der Waals surface area contributed by atoms with Crippen LogP contribution in [0.15, 0.2) is 34.2 Å². The van der Waals surface area contributed by atoms with E-state index in [2.05, 4.69) is 31.8 Å². The van der Waals surface area contributed by atoms with E-state index in [4.69, 9.17) is 0 Å². The zero-order valence-corrected chi connectivity index (χ0v) is 19.6. The lowest BCUT2D eigenvalue weighted by atomic mass is 9.98. The van der Waals surface area contributed by atoms with Crippen LogP contribution < -0.4 is 10.0 Å². The molecule has 0 aliphatic carbocycles. The molecule has 1 fully saturated rings. The molecule has 31 heavy (non-hydrogen) atoms. The number of amides is 1. The molecule has 2 N–H and O–H groups in total. The second-order valence-corrected chi connectivity index (χ2v) is 9.98. The summed E-state index contributed by atoms with van der Waals surface area (Å²) in [6, 6.07) is 6.09. The van der Waals surface area contributed by atoms with Gasteiger partial charge in [-0.15, -0.1) is 0 Å². The highest BCUT2D eigenvalue weighted by atomic mass is 32.2. The molecule has 2 atom stereocenters. The van der Waals surface area contributed by atoms with Gasteiger partial charge in [-0.25, -0.2) is 8.42 Å². The minimum atomic E-state index is -3.62. The van der Waals surface area contributed by atoms with Crippen molar-refractivity contribution in [1.29, 1.82) is 0 Å². The SMILES string of the molecule is CC[C@H](C)[C@H](N=C1NS(=O)(=O)c2ccccc21)C(=O)NCCCN1CCN(CC)CC1. The van der Waals surface area contributed by atoms with E-state index in [1.54, 1.807) is 24.3 Å². The third-order valence-corrected chi connectivity index (χ3v) is 7.64. The van der Waals surface area contributed by atoms with Crippen LogP contribution in [0.4, 0.5) is 0 Å². The van der Waals surface area contributed by atoms with Crippen LogP contribution >= 0.6 is 0 Å². The van der Waals surface area contributed by atoms with Crippen LogP contribution in [0.2, 0.25) is 0 Å². The summed E-state index contributed by atoms with van der Waals surface area (Å²) in [5.41, 5.74) is 0.523. The Morgan fingerprint density at radius 3 is 2.52 bits per heavy atom. The maximum Gasteiger partial charge on any atom is 0.263 e. The second-order valence-electron chi connectivity index (χ2n) is 8.33. The molecule has 1 aromatic carbocycles. The van der Waals surface area contributed by atoms with Crippen molar-refractivity contribution in [3.05, 3.63) is 29.8 Å². The summed E-state index contributed by atoms with van der Waals surface area (Å²) < 4.78 is 27.2. The van der Waals surface area contributed by atoms with Crippen molar-refractivity contribution in [3.63, 3.8) is 0 Å². The summed E-state index contributed by atoms with van der Waals surface area (Å²) in [5, 5.41) is 3.02. The van der Waals surface area contributed by atoms with Gasteiger partial charge in [-0.05, 0) is 37.6 Å². The summed E-state index contributed by atoms with van der Waals surface area (Å²) in [7, 11) is -3.62. The number of sulfonamides is 1. The minimum absolute atomic E-state index is 0.00751. The number of carbonyl (C=O) groups is 1. The summed E-state index contributed by atoms with van der Waals surface area (Å²) in [6.45, 7) is 13.2. The average molecular weight is 450 g/mol. The van der Waals surface area contributed by atoms with E-state index in [1.165, 1.54) is 0 Å². The maximum absolute atomic E-state index is 12.9. The van der Waals surface area contributed by atoms with E-state index in [0.29, 0.717) is 12.1 Å². The van der Waals surface area contributed by atoms with E-state index in [-0.39, 0.29) is 22.6 Å². The fraction of sp³-hybridized carbons (Fsp3) is 0.636. The number of fused-ring (bicyclic) bond motifs is 1. The van der Waals surface area contributed by atoms with Crippen molar-refractivity contribution in [2.75, 3.05) is 45.8 Å². The van der Waals surface area contributed by atoms with Crippen LogP contribution in [0.5, 0.6) is 0 Å². The minimum Gasteiger partial charge on any atom is -0.354 e. The van der Waals surface area contributed by atoms with Gasteiger partial charge in [0.25, 0.3) is 10.0 Å². The van der Waals surface area contributed by atoms with Gasteiger partial charge in [-0.3, -0.25) is 14.5 Å². The lowest BCUT2D eigenvalue weighted by Gasteiger charge is -2.34. The molecule has 1 saturated heterocycles. The maximum atomic E-state index is 12.9. The molecule has 0 radical (unpaired) electrons. The van der Waals surface area contributed by atoms with Crippen molar-refractivity contribution in [2.24, 2.45) is 10.9 Å². The Morgan fingerprint density at radius 1 is 1.16 bits per heavy atom. The molecule has 0 spiro atoms. The molecule has 0 unspecified atom stereocenters. The number of nitrogens with one attached hydrogen (secondary N) is 2. The largest absolute Gasteiger partial charge is 0.354 e. The fourth-order valence-corrected chi connectivity index (χ4v) is 5.22. The van der Waals surface area contributed by atoms with Gasteiger partial charge in [0.1, 0.15) is 11.9 Å². The normalized spacial score (nSPS) is 22.0. The predicted octanol–water partition coefficient (Wildman–Crippen LogP) is 1.28. The highest BCUT2D eigenvalue weighted by molar-refractivity contribution is 7.90. The van der Waals surface area contributed by atoms with Crippen LogP contribution in [-0.2, 0) is 14.8 Å². The van der Waals surface area contributed by atoms with Crippen LogP contribution in [0, 0.1) is 5.92 Å². The first-order valence-corrected chi connectivity index (χ1v) is 12.8. The number of benzene rings is 1. The highest BCUT2D eigenvalue weighted by Crippen LogP contribution is 2.24. The first-order valence-electron chi connectivity index (χ1n) is 11.3. The lowest BCUT2D eigenvalue weighted by molar-refractivity contribution is -0.123. The number of carbonyl (C=O) groups excluding carboxylic acids is 1. The van der Waals surface area contributed by atoms with Gasteiger partial charge >= 0.3 is 0 Å². The molecule has 9 heteroatoms. The first kappa shape index (κ1) is 23.7. The summed E-state index contributed by atoms with van der Waals surface area (Å²) in [4.78, 5) is 22.6. The number of nitrogens with zero attached hydrogens (tertiary/aromatic N) is 3. The molecule has 172 valence electrons. The van der Waals surface area contributed by atoms with E-state index in [1.807, 2.05) is 13.8 Å². The Kier molecular flexibility index (Phi) is 8.07. The quantitative estimate of drug-likeness (QED) is 0.554. The van der Waals surface area contributed by atoms with Gasteiger partial charge in [0.2, 0.25) is 5.91 Å². The van der Waals surface area contributed by atoms with Crippen molar-refractivity contribution in [2.45, 2.75) is 44.6 Å². The number of amidine groups is 1. The van der Waals surface area contributed by atoms with E-state index in [0.717, 1.165) is 52.1 Å². The first-order chi connectivity index (χ1) is 14.9. The molecule has 2 aliphatic rings. The Labute approximate surface area is 186 Å². The molecule has 1 aromatic rings. The van der Waals surface area contributed by atoms with Crippen molar-refractivity contribution in [1.82, 2.24) is 19.8 Å². The number of likely N-dealkylation sites (N-methyl/N-ethyl adjacent to an activating group) is 1. The Balaban J connectivity index is 1.59. The summed E-state index contributed by atoms with van der Waals surface area (Å²) in [6.07, 6.45) is 1.65. The molecular formula is C22H35N5O3S. The van der Waals surface area contributed by atoms with Gasteiger partial charge in [0.15, 0.2) is 0 Å². The van der Waals surface area contributed by atoms with Crippen LogP contribution in [0.1, 0.15) is 39.2 Å². The second kappa shape index (κ2) is 10.6. The molecule has 0 saturated carbocycles. The number of rotatable bonds is 9. The van der Waals surface area contributed by atoms with Gasteiger partial charge in [-0.1, -0.05) is 39.3 Å². The molecule has 8 nitrogen and oxygen atoms in total. The smallest absolute Gasteiger partial charge is 0.263 e. The molecular weight excluding hydrogens is 414 g/mol. The highest BCUT2D eigenvalue weighted by Gasteiger charge is 2.33. The topological polar surface area (TPSA) is 94.1 Å². The van der Waals surface area contributed by atoms with Crippen LogP contribution in [-0.4, -0.2) is 81.8 Å². The third-order valence-electron chi connectivity index (χ3n) is 6.24. The fourth-order valence-electron chi connectivity index (χ4n) is 3.98. The number of aliphatic imine (C=N–C) groups is 1. The van der Waals surface area contributed by atoms with Crippen LogP contribution in [0.25, 0.3) is 0 Å². The molecule has 2 aliphatic heterocycles. The predicted molar refractivity (Wildman–Crippen MR) is 123 cm³/mol. The van der Waals surface area contributed by atoms with Gasteiger partial charge < -0.3 is 15.1 Å². The van der Waals surface area contributed by atoms with E-state index in [9.17, 15) is 13.2 Å². The third kappa shape index (κ3) is 5.84. The average Bonchev–Trinajstić information content (AvgIpc) is 3.05. The zero-order chi connectivity index (χ0) is 22.4. The summed E-state index contributed by atoms with van der Waals surface area (Å²) >= 11 is 0. The Bertz CT molecular complexity index is 894. The molecule has 1 amide bonds. The molecule has 0 bridgehead atoms. The Morgan fingerprint density at radius 2 is 1.84 bits per heavy atom. The van der Waals surface area contributed by atoms with Crippen molar-refractivity contribution < 1.29 is 13.2 Å². The molecule has 2 heterocycles. The van der Waals surface area contributed by atoms with E-state index >= 15 is 0 Å². The monoisotopic (exact) mass is 449 g/mol. The Hall–Kier alpha value is -1.97. The van der Waals surface area contributed by atoms with Crippen molar-refractivity contribution >= 4 is 21.8 Å². The van der Waals surface area contributed by atoms with Crippen molar-refractivity contribution in [3.8, 4) is 0 Å². The van der Waals surface area contributed by atoms with Gasteiger partial charge in [0.05, 0.1) is 4.90 Å². The number of hydrogen-bond acceptors (Lipinski definition) is 6. The zero-order valence-electron chi connectivity index (χ0n) is 18.8. The molecule has 0 aromatic heterocycles.